The van der Waals surface area contributed by atoms with Crippen LogP contribution in [0.2, 0.25) is 5.02 Å². The SMILES string of the molecule is CC[C@H](C(=O)N[C@@H](C)CC)N(Cc1ccccc1Cl)C(=O)CN(c1ccc(C)cc1)S(=O)(=O)c1ccc(C)cc1. The van der Waals surface area contributed by atoms with Gasteiger partial charge in [-0.3, -0.25) is 13.9 Å². The second-order valence-electron chi connectivity index (χ2n) is 10.0. The maximum atomic E-state index is 14.1. The first-order chi connectivity index (χ1) is 19.0. The van der Waals surface area contributed by atoms with E-state index in [0.717, 1.165) is 21.9 Å². The molecule has 9 heteroatoms. The van der Waals surface area contributed by atoms with Crippen LogP contribution >= 0.6 is 11.6 Å². The Balaban J connectivity index is 2.06. The molecule has 0 aromatic heterocycles. The van der Waals surface area contributed by atoms with Crippen molar-refractivity contribution in [2.45, 2.75) is 71.0 Å². The average molecular weight is 584 g/mol. The Morgan fingerprint density at radius 1 is 0.875 bits per heavy atom. The van der Waals surface area contributed by atoms with E-state index in [4.69, 9.17) is 11.6 Å². The summed E-state index contributed by atoms with van der Waals surface area (Å²) in [5.74, 6) is -0.803. The molecule has 0 saturated heterocycles. The molecular weight excluding hydrogens is 546 g/mol. The molecule has 214 valence electrons. The number of aryl methyl sites for hydroxylation is 2. The average Bonchev–Trinajstić information content (AvgIpc) is 2.93. The van der Waals surface area contributed by atoms with Crippen molar-refractivity contribution in [2.24, 2.45) is 0 Å². The van der Waals surface area contributed by atoms with Crippen LogP contribution in [0.15, 0.2) is 77.7 Å². The van der Waals surface area contributed by atoms with E-state index >= 15 is 0 Å². The molecular formula is C31H38ClN3O4S. The summed E-state index contributed by atoms with van der Waals surface area (Å²) in [6.07, 6.45) is 1.07. The molecule has 40 heavy (non-hydrogen) atoms. The first kappa shape index (κ1) is 31.2. The van der Waals surface area contributed by atoms with Gasteiger partial charge in [0.2, 0.25) is 11.8 Å². The summed E-state index contributed by atoms with van der Waals surface area (Å²) in [5, 5.41) is 3.43. The van der Waals surface area contributed by atoms with Crippen LogP contribution < -0.4 is 9.62 Å². The highest BCUT2D eigenvalue weighted by Crippen LogP contribution is 2.26. The molecule has 7 nitrogen and oxygen atoms in total. The molecule has 0 fully saturated rings. The van der Waals surface area contributed by atoms with Gasteiger partial charge < -0.3 is 10.2 Å². The van der Waals surface area contributed by atoms with Crippen LogP contribution in [-0.4, -0.2) is 43.8 Å². The fourth-order valence-electron chi connectivity index (χ4n) is 4.25. The summed E-state index contributed by atoms with van der Waals surface area (Å²) < 4.78 is 28.9. The van der Waals surface area contributed by atoms with E-state index in [9.17, 15) is 18.0 Å². The van der Waals surface area contributed by atoms with Crippen LogP contribution in [0.1, 0.15) is 50.3 Å². The van der Waals surface area contributed by atoms with Gasteiger partial charge in [-0.2, -0.15) is 0 Å². The van der Waals surface area contributed by atoms with Crippen molar-refractivity contribution in [2.75, 3.05) is 10.8 Å². The Labute approximate surface area is 243 Å². The van der Waals surface area contributed by atoms with E-state index in [1.54, 1.807) is 54.6 Å². The lowest BCUT2D eigenvalue weighted by Crippen LogP contribution is -2.53. The van der Waals surface area contributed by atoms with E-state index in [1.807, 2.05) is 40.7 Å². The normalized spacial score (nSPS) is 12.8. The lowest BCUT2D eigenvalue weighted by molar-refractivity contribution is -0.140. The molecule has 3 rings (SSSR count). The van der Waals surface area contributed by atoms with Crippen LogP contribution in [0, 0.1) is 13.8 Å². The van der Waals surface area contributed by atoms with E-state index in [1.165, 1.54) is 17.0 Å². The van der Waals surface area contributed by atoms with Crippen molar-refractivity contribution in [3.63, 3.8) is 0 Å². The molecule has 1 N–H and O–H groups in total. The maximum absolute atomic E-state index is 14.1. The number of benzene rings is 3. The largest absolute Gasteiger partial charge is 0.352 e. The number of amides is 2. The fraction of sp³-hybridized carbons (Fsp3) is 0.355. The Morgan fingerprint density at radius 3 is 2.00 bits per heavy atom. The summed E-state index contributed by atoms with van der Waals surface area (Å²) >= 11 is 6.44. The Bertz CT molecular complexity index is 1410. The van der Waals surface area contributed by atoms with Gasteiger partial charge in [0, 0.05) is 17.6 Å². The minimum absolute atomic E-state index is 0.0528. The molecule has 0 heterocycles. The van der Waals surface area contributed by atoms with E-state index < -0.39 is 28.5 Å². The number of halogens is 1. The highest BCUT2D eigenvalue weighted by molar-refractivity contribution is 7.92. The van der Waals surface area contributed by atoms with Gasteiger partial charge in [-0.1, -0.05) is 79.0 Å². The van der Waals surface area contributed by atoms with Crippen LogP contribution in [-0.2, 0) is 26.2 Å². The third kappa shape index (κ3) is 7.64. The first-order valence-electron chi connectivity index (χ1n) is 13.5. The van der Waals surface area contributed by atoms with Gasteiger partial charge >= 0.3 is 0 Å². The highest BCUT2D eigenvalue weighted by Gasteiger charge is 2.34. The number of hydrogen-bond donors (Lipinski definition) is 1. The minimum atomic E-state index is -4.11. The zero-order chi connectivity index (χ0) is 29.4. The van der Waals surface area contributed by atoms with Gasteiger partial charge in [0.05, 0.1) is 10.6 Å². The predicted molar refractivity (Wildman–Crippen MR) is 161 cm³/mol. The molecule has 3 aromatic carbocycles. The summed E-state index contributed by atoms with van der Waals surface area (Å²) in [5.41, 5.74) is 2.89. The van der Waals surface area contributed by atoms with Crippen molar-refractivity contribution < 1.29 is 18.0 Å². The molecule has 0 aliphatic heterocycles. The monoisotopic (exact) mass is 583 g/mol. The molecule has 2 atom stereocenters. The van der Waals surface area contributed by atoms with E-state index in [2.05, 4.69) is 5.32 Å². The molecule has 0 aliphatic rings. The Hall–Kier alpha value is -3.36. The smallest absolute Gasteiger partial charge is 0.264 e. The van der Waals surface area contributed by atoms with Gasteiger partial charge in [-0.25, -0.2) is 8.42 Å². The summed E-state index contributed by atoms with van der Waals surface area (Å²) in [7, 11) is -4.11. The fourth-order valence-corrected chi connectivity index (χ4v) is 5.86. The van der Waals surface area contributed by atoms with Crippen LogP contribution in [0.5, 0.6) is 0 Å². The van der Waals surface area contributed by atoms with Crippen molar-refractivity contribution in [3.8, 4) is 0 Å². The highest BCUT2D eigenvalue weighted by atomic mass is 35.5. The van der Waals surface area contributed by atoms with Crippen molar-refractivity contribution in [1.82, 2.24) is 10.2 Å². The number of nitrogens with one attached hydrogen (secondary N) is 1. The van der Waals surface area contributed by atoms with E-state index in [0.29, 0.717) is 22.7 Å². The molecule has 0 unspecified atom stereocenters. The molecule has 3 aromatic rings. The van der Waals surface area contributed by atoms with Gasteiger partial charge in [0.25, 0.3) is 10.0 Å². The number of nitrogens with zero attached hydrogens (tertiary/aromatic N) is 2. The summed E-state index contributed by atoms with van der Waals surface area (Å²) in [6.45, 7) is 9.04. The number of rotatable bonds is 12. The van der Waals surface area contributed by atoms with E-state index in [-0.39, 0.29) is 23.4 Å². The quantitative estimate of drug-likeness (QED) is 0.289. The van der Waals surface area contributed by atoms with Gasteiger partial charge in [0.15, 0.2) is 0 Å². The molecule has 2 amide bonds. The minimum Gasteiger partial charge on any atom is -0.352 e. The number of carbonyl (C=O) groups excluding carboxylic acids is 2. The third-order valence-electron chi connectivity index (χ3n) is 6.90. The van der Waals surface area contributed by atoms with Gasteiger partial charge in [-0.15, -0.1) is 0 Å². The lowest BCUT2D eigenvalue weighted by atomic mass is 10.1. The van der Waals surface area contributed by atoms with Crippen LogP contribution in [0.25, 0.3) is 0 Å². The molecule has 0 aliphatic carbocycles. The van der Waals surface area contributed by atoms with Crippen molar-refractivity contribution >= 4 is 39.1 Å². The lowest BCUT2D eigenvalue weighted by Gasteiger charge is -2.34. The van der Waals surface area contributed by atoms with Gasteiger partial charge in [0.1, 0.15) is 12.6 Å². The first-order valence-corrected chi connectivity index (χ1v) is 15.3. The second kappa shape index (κ2) is 13.8. The Kier molecular flexibility index (Phi) is 10.8. The Morgan fingerprint density at radius 2 is 1.45 bits per heavy atom. The van der Waals surface area contributed by atoms with Gasteiger partial charge in [-0.05, 0) is 69.5 Å². The number of carbonyl (C=O) groups is 2. The predicted octanol–water partition coefficient (Wildman–Crippen LogP) is 5.87. The summed E-state index contributed by atoms with van der Waals surface area (Å²) in [4.78, 5) is 28.9. The molecule has 0 bridgehead atoms. The maximum Gasteiger partial charge on any atom is 0.264 e. The number of hydrogen-bond acceptors (Lipinski definition) is 4. The van der Waals surface area contributed by atoms with Crippen molar-refractivity contribution in [1.29, 1.82) is 0 Å². The van der Waals surface area contributed by atoms with Crippen LogP contribution in [0.4, 0.5) is 5.69 Å². The second-order valence-corrected chi connectivity index (χ2v) is 12.3. The standard InChI is InChI=1S/C31H38ClN3O4S/c1-6-24(5)33-31(37)29(7-2)34(20-25-10-8-9-11-28(25)32)30(36)21-35(26-16-12-22(3)13-17-26)40(38,39)27-18-14-23(4)15-19-27/h8-19,24,29H,6-7,20-21H2,1-5H3,(H,33,37)/t24-,29+/m0/s1. The molecule has 0 radical (unpaired) electrons. The van der Waals surface area contributed by atoms with Crippen LogP contribution in [0.3, 0.4) is 0 Å². The van der Waals surface area contributed by atoms with Crippen molar-refractivity contribution in [3.05, 3.63) is 94.5 Å². The third-order valence-corrected chi connectivity index (χ3v) is 9.05. The molecule has 0 saturated carbocycles. The molecule has 0 spiro atoms. The topological polar surface area (TPSA) is 86.8 Å². The number of anilines is 1. The number of sulfonamides is 1. The zero-order valence-electron chi connectivity index (χ0n) is 23.7. The zero-order valence-corrected chi connectivity index (χ0v) is 25.3. The summed E-state index contributed by atoms with van der Waals surface area (Å²) in [6, 6.07) is 19.7.